The predicted molar refractivity (Wildman–Crippen MR) is 231 cm³/mol. The third-order valence-corrected chi connectivity index (χ3v) is 17.7. The van der Waals surface area contributed by atoms with Crippen LogP contribution >= 0.6 is 0 Å². The molecule has 8 rings (SSSR count). The molecule has 61 heavy (non-hydrogen) atoms. The van der Waals surface area contributed by atoms with Crippen LogP contribution in [0.5, 0.6) is 28.7 Å². The van der Waals surface area contributed by atoms with Gasteiger partial charge < -0.3 is 33.9 Å². The minimum Gasteiger partial charge on any atom is -0.507 e. The topological polar surface area (TPSA) is 138 Å². The lowest BCUT2D eigenvalue weighted by Gasteiger charge is -2.64. The highest BCUT2D eigenvalue weighted by atomic mass is 16.6. The van der Waals surface area contributed by atoms with Gasteiger partial charge in [0.1, 0.15) is 35.0 Å². The molecule has 2 aromatic rings. The van der Waals surface area contributed by atoms with Crippen LogP contribution in [0.2, 0.25) is 0 Å². The molecule has 1 aliphatic heterocycles. The normalized spacial score (nSPS) is 35.9. The van der Waals surface area contributed by atoms with Gasteiger partial charge in [0.25, 0.3) is 0 Å². The first-order chi connectivity index (χ1) is 28.7. The van der Waals surface area contributed by atoms with E-state index in [2.05, 4.69) is 54.5 Å². The van der Waals surface area contributed by atoms with E-state index in [-0.39, 0.29) is 81.7 Å². The molecule has 10 nitrogen and oxygen atoms in total. The lowest BCUT2D eigenvalue weighted by atomic mass is 9.42. The van der Waals surface area contributed by atoms with Gasteiger partial charge in [-0.15, -0.1) is 0 Å². The summed E-state index contributed by atoms with van der Waals surface area (Å²) in [5.41, 5.74) is 2.86. The second-order valence-electron chi connectivity index (χ2n) is 21.6. The highest BCUT2D eigenvalue weighted by Crippen LogP contribution is 2.70. The number of ketones is 1. The molecule has 0 unspecified atom stereocenters. The molecule has 10 heteroatoms. The lowest BCUT2D eigenvalue weighted by Crippen LogP contribution is -2.58. The standard InChI is InChI=1S/C51H68O10/c1-47(2)40-18-21-49(5)28-30-11-14-39-48(3,4)43(20-22-50(39,6)32(30)12-15-41(49)51(40,7)23-19-42(47)58-9)61-45(56)17-16-44(55)59-31-25-34(53)46-35(54)27-37(60-38(46)26-31)29-10-13-36(57-8)33(52)24-29/h10-11,13,24-26,32,37,39-43,52-53H,12,14-23,27-28H2,1-9H3/t32-,37-,39-,40-,41-,42-,43+,49-,50+,51-/m0/s1. The molecule has 2 N–H and O–H groups in total. The largest absolute Gasteiger partial charge is 0.507 e. The molecule has 0 spiro atoms. The van der Waals surface area contributed by atoms with E-state index in [9.17, 15) is 24.6 Å². The minimum absolute atomic E-state index is 0.00312. The Morgan fingerprint density at radius 1 is 0.770 bits per heavy atom. The van der Waals surface area contributed by atoms with E-state index in [1.807, 2.05) is 7.11 Å². The Hall–Kier alpha value is -4.05. The fourth-order valence-corrected chi connectivity index (χ4v) is 14.7. The van der Waals surface area contributed by atoms with Gasteiger partial charge in [0.2, 0.25) is 0 Å². The Balaban J connectivity index is 0.892. The quantitative estimate of drug-likeness (QED) is 0.150. The number of ether oxygens (including phenoxy) is 5. The molecule has 6 aliphatic rings. The van der Waals surface area contributed by atoms with Crippen LogP contribution in [0.3, 0.4) is 0 Å². The predicted octanol–water partition coefficient (Wildman–Crippen LogP) is 10.9. The van der Waals surface area contributed by atoms with E-state index in [0.717, 1.165) is 25.7 Å². The minimum atomic E-state index is -0.740. The van der Waals surface area contributed by atoms with Gasteiger partial charge >= 0.3 is 11.9 Å². The summed E-state index contributed by atoms with van der Waals surface area (Å²) in [5, 5.41) is 21.0. The highest BCUT2D eigenvalue weighted by Gasteiger charge is 2.63. The number of Topliss-reactive ketones (excluding diaryl/α,β-unsaturated/α-hetero) is 1. The first-order valence-electron chi connectivity index (χ1n) is 22.8. The zero-order valence-electron chi connectivity index (χ0n) is 37.9. The molecule has 0 aromatic heterocycles. The maximum absolute atomic E-state index is 13.4. The number of hydrogen-bond acceptors (Lipinski definition) is 10. The van der Waals surface area contributed by atoms with E-state index in [4.69, 9.17) is 23.7 Å². The van der Waals surface area contributed by atoms with Gasteiger partial charge in [0.15, 0.2) is 17.3 Å². The van der Waals surface area contributed by atoms with Crippen LogP contribution in [0.15, 0.2) is 42.0 Å². The number of phenolic OH excluding ortho intramolecular Hbond substituents is 2. The van der Waals surface area contributed by atoms with Crippen LogP contribution in [0.1, 0.15) is 154 Å². The van der Waals surface area contributed by atoms with Crippen molar-refractivity contribution in [1.82, 2.24) is 0 Å². The van der Waals surface area contributed by atoms with E-state index < -0.39 is 18.0 Å². The molecule has 1 heterocycles. The van der Waals surface area contributed by atoms with Gasteiger partial charge in [-0.1, -0.05) is 66.2 Å². The van der Waals surface area contributed by atoms with Gasteiger partial charge in [-0.3, -0.25) is 14.4 Å². The summed E-state index contributed by atoms with van der Waals surface area (Å²) in [6, 6.07) is 7.32. The molecular weight excluding hydrogens is 773 g/mol. The first kappa shape index (κ1) is 43.6. The maximum Gasteiger partial charge on any atom is 0.311 e. The average Bonchev–Trinajstić information content (AvgIpc) is 3.35. The molecule has 4 saturated carbocycles. The average molecular weight is 841 g/mol. The summed E-state index contributed by atoms with van der Waals surface area (Å²) in [7, 11) is 3.34. The number of rotatable bonds is 8. The summed E-state index contributed by atoms with van der Waals surface area (Å²) in [5.74, 6) is 0.639. The van der Waals surface area contributed by atoms with Crippen LogP contribution in [0, 0.1) is 50.7 Å². The molecular formula is C51H68O10. The monoisotopic (exact) mass is 840 g/mol. The summed E-state index contributed by atoms with van der Waals surface area (Å²) < 4.78 is 29.1. The van der Waals surface area contributed by atoms with Crippen LogP contribution in [-0.4, -0.2) is 54.4 Å². The third kappa shape index (κ3) is 7.34. The Kier molecular flexibility index (Phi) is 11.2. The zero-order chi connectivity index (χ0) is 43.9. The maximum atomic E-state index is 13.4. The van der Waals surface area contributed by atoms with Crippen molar-refractivity contribution in [1.29, 1.82) is 0 Å². The Morgan fingerprint density at radius 3 is 2.20 bits per heavy atom. The molecule has 4 fully saturated rings. The molecule has 2 aromatic carbocycles. The van der Waals surface area contributed by atoms with E-state index in [0.29, 0.717) is 46.2 Å². The number of esters is 2. The van der Waals surface area contributed by atoms with Gasteiger partial charge in [0, 0.05) is 24.7 Å². The first-order valence-corrected chi connectivity index (χ1v) is 22.8. The van der Waals surface area contributed by atoms with Crippen molar-refractivity contribution in [2.24, 2.45) is 50.7 Å². The highest BCUT2D eigenvalue weighted by molar-refractivity contribution is 6.02. The third-order valence-electron chi connectivity index (χ3n) is 17.7. The zero-order valence-corrected chi connectivity index (χ0v) is 37.9. The van der Waals surface area contributed by atoms with Crippen LogP contribution in [0.4, 0.5) is 0 Å². The van der Waals surface area contributed by atoms with Crippen LogP contribution in [-0.2, 0) is 19.1 Å². The lowest BCUT2D eigenvalue weighted by molar-refractivity contribution is -0.178. The smallest absolute Gasteiger partial charge is 0.311 e. The number of fused-ring (bicyclic) bond motifs is 7. The van der Waals surface area contributed by atoms with Crippen molar-refractivity contribution in [2.45, 2.75) is 150 Å². The van der Waals surface area contributed by atoms with E-state index >= 15 is 0 Å². The molecule has 0 amide bonds. The van der Waals surface area contributed by atoms with E-state index in [1.54, 1.807) is 17.7 Å². The van der Waals surface area contributed by atoms with Crippen molar-refractivity contribution in [3.63, 3.8) is 0 Å². The van der Waals surface area contributed by atoms with Gasteiger partial charge in [0.05, 0.1) is 32.5 Å². The van der Waals surface area contributed by atoms with E-state index in [1.165, 1.54) is 63.8 Å². The summed E-state index contributed by atoms with van der Waals surface area (Å²) >= 11 is 0. The van der Waals surface area contributed by atoms with Crippen molar-refractivity contribution in [3.05, 3.63) is 53.1 Å². The molecule has 10 atom stereocenters. The summed E-state index contributed by atoms with van der Waals surface area (Å²) in [6.07, 6.45) is 12.9. The fourth-order valence-electron chi connectivity index (χ4n) is 14.7. The van der Waals surface area contributed by atoms with Crippen molar-refractivity contribution >= 4 is 17.7 Å². The molecule has 5 aliphatic carbocycles. The number of carbonyl (C=O) groups excluding carboxylic acids is 3. The Morgan fingerprint density at radius 2 is 1.48 bits per heavy atom. The molecule has 0 radical (unpaired) electrons. The van der Waals surface area contributed by atoms with Crippen LogP contribution < -0.4 is 14.2 Å². The van der Waals surface area contributed by atoms with Gasteiger partial charge in [-0.2, -0.15) is 0 Å². The number of carbonyl (C=O) groups is 3. The Labute approximate surface area is 362 Å². The Bertz CT molecular complexity index is 2100. The summed E-state index contributed by atoms with van der Waals surface area (Å²) in [4.78, 5) is 39.5. The van der Waals surface area contributed by atoms with Gasteiger partial charge in [-0.05, 0) is 127 Å². The summed E-state index contributed by atoms with van der Waals surface area (Å²) in [6.45, 7) is 17.3. The molecule has 332 valence electrons. The van der Waals surface area contributed by atoms with Crippen molar-refractivity contribution in [3.8, 4) is 28.7 Å². The van der Waals surface area contributed by atoms with Crippen molar-refractivity contribution < 1.29 is 48.3 Å². The number of methoxy groups -OCH3 is 2. The number of aromatic hydroxyl groups is 2. The van der Waals surface area contributed by atoms with Crippen molar-refractivity contribution in [2.75, 3.05) is 14.2 Å². The number of allylic oxidation sites excluding steroid dienone is 2. The molecule has 0 saturated heterocycles. The van der Waals surface area contributed by atoms with Crippen LogP contribution in [0.25, 0.3) is 0 Å². The number of phenols is 2. The molecule has 0 bridgehead atoms. The second-order valence-corrected chi connectivity index (χ2v) is 21.6. The number of benzene rings is 2. The fraction of sp³-hybridized carbons (Fsp3) is 0.667. The van der Waals surface area contributed by atoms with Gasteiger partial charge in [-0.25, -0.2) is 0 Å². The SMILES string of the molecule is COc1ccc([C@@H]2CC(=O)c3c(O)cc(OC(=O)CCC(=O)O[C@@H]4CC[C@]5(C)[C@H]6CC[C@H]7[C@@](C)(CC[C@H]8C(C)(C)[C@@H](OC)CC[C@@]87C)CC6=CC[C@H]5C4(C)C)cc3O2)cc1O. The second kappa shape index (κ2) is 15.6. The number of hydrogen-bond donors (Lipinski definition) is 2.